The SMILES string of the molecule is CCN(CC)CCCN1C(=O)C(=O)C(=C(O)c2cc(C)ccc2O)[C@@H]1c1ccc(OC)c(OC)c1. The number of hydrogen-bond acceptors (Lipinski definition) is 7. The van der Waals surface area contributed by atoms with Crippen LogP contribution in [0, 0.1) is 6.92 Å². The maximum Gasteiger partial charge on any atom is 0.295 e. The van der Waals surface area contributed by atoms with Crippen LogP contribution in [-0.2, 0) is 9.59 Å². The van der Waals surface area contributed by atoms with Gasteiger partial charge in [-0.1, -0.05) is 31.5 Å². The van der Waals surface area contributed by atoms with Crippen molar-refractivity contribution in [1.29, 1.82) is 0 Å². The van der Waals surface area contributed by atoms with E-state index >= 15 is 0 Å². The summed E-state index contributed by atoms with van der Waals surface area (Å²) in [7, 11) is 3.03. The first-order valence-electron chi connectivity index (χ1n) is 11.8. The number of methoxy groups -OCH3 is 2. The lowest BCUT2D eigenvalue weighted by atomic mass is 9.94. The number of aryl methyl sites for hydroxylation is 1. The Kier molecular flexibility index (Phi) is 8.40. The summed E-state index contributed by atoms with van der Waals surface area (Å²) in [5, 5.41) is 21.6. The number of benzene rings is 2. The highest BCUT2D eigenvalue weighted by molar-refractivity contribution is 6.46. The lowest BCUT2D eigenvalue weighted by molar-refractivity contribution is -0.140. The fourth-order valence-electron chi connectivity index (χ4n) is 4.47. The van der Waals surface area contributed by atoms with Crippen molar-refractivity contribution in [3.8, 4) is 17.2 Å². The van der Waals surface area contributed by atoms with E-state index in [4.69, 9.17) is 9.47 Å². The number of aliphatic hydroxyl groups excluding tert-OH is 1. The number of amides is 1. The summed E-state index contributed by atoms with van der Waals surface area (Å²) in [6, 6.07) is 9.05. The van der Waals surface area contributed by atoms with Gasteiger partial charge in [-0.3, -0.25) is 9.59 Å². The molecule has 1 amide bonds. The van der Waals surface area contributed by atoms with Crippen LogP contribution >= 0.6 is 0 Å². The van der Waals surface area contributed by atoms with E-state index in [1.807, 2.05) is 6.92 Å². The van der Waals surface area contributed by atoms with Gasteiger partial charge in [0.15, 0.2) is 11.5 Å². The van der Waals surface area contributed by atoms with E-state index in [1.165, 1.54) is 25.2 Å². The normalized spacial score (nSPS) is 17.3. The maximum atomic E-state index is 13.2. The molecule has 2 aromatic rings. The van der Waals surface area contributed by atoms with Crippen LogP contribution in [0.2, 0.25) is 0 Å². The Morgan fingerprint density at radius 1 is 1.03 bits per heavy atom. The minimum absolute atomic E-state index is 0.0639. The molecule has 1 atom stereocenters. The number of carbonyl (C=O) groups is 2. The third-order valence-corrected chi connectivity index (χ3v) is 6.44. The van der Waals surface area contributed by atoms with Crippen LogP contribution in [0.15, 0.2) is 42.0 Å². The van der Waals surface area contributed by atoms with Gasteiger partial charge in [0.1, 0.15) is 11.5 Å². The van der Waals surface area contributed by atoms with Gasteiger partial charge >= 0.3 is 0 Å². The zero-order chi connectivity index (χ0) is 25.7. The minimum Gasteiger partial charge on any atom is -0.507 e. The van der Waals surface area contributed by atoms with Gasteiger partial charge < -0.3 is 29.5 Å². The summed E-state index contributed by atoms with van der Waals surface area (Å²) in [6.45, 7) is 8.85. The van der Waals surface area contributed by atoms with Crippen LogP contribution in [0.3, 0.4) is 0 Å². The third kappa shape index (κ3) is 5.27. The monoisotopic (exact) mass is 482 g/mol. The van der Waals surface area contributed by atoms with E-state index in [0.717, 1.165) is 25.2 Å². The molecule has 3 rings (SSSR count). The molecule has 8 heteroatoms. The molecule has 1 saturated heterocycles. The molecule has 0 radical (unpaired) electrons. The fraction of sp³-hybridized carbons (Fsp3) is 0.407. The molecule has 1 fully saturated rings. The Balaban J connectivity index is 2.13. The number of aromatic hydroxyl groups is 1. The zero-order valence-electron chi connectivity index (χ0n) is 21.0. The first kappa shape index (κ1) is 26.1. The molecular formula is C27H34N2O6. The van der Waals surface area contributed by atoms with Crippen molar-refractivity contribution in [2.75, 3.05) is 40.4 Å². The molecule has 8 nitrogen and oxygen atoms in total. The van der Waals surface area contributed by atoms with Crippen LogP contribution in [-0.4, -0.2) is 72.1 Å². The first-order chi connectivity index (χ1) is 16.8. The van der Waals surface area contributed by atoms with Crippen molar-refractivity contribution >= 4 is 17.4 Å². The van der Waals surface area contributed by atoms with E-state index in [1.54, 1.807) is 30.3 Å². The molecule has 1 aliphatic heterocycles. The van der Waals surface area contributed by atoms with Crippen molar-refractivity contribution in [1.82, 2.24) is 9.80 Å². The lowest BCUT2D eigenvalue weighted by Gasteiger charge is -2.27. The van der Waals surface area contributed by atoms with Gasteiger partial charge in [-0.2, -0.15) is 0 Å². The number of nitrogens with zero attached hydrogens (tertiary/aromatic N) is 2. The van der Waals surface area contributed by atoms with Gasteiger partial charge in [-0.05, 0) is 62.8 Å². The number of carbonyl (C=O) groups excluding carboxylic acids is 2. The number of Topliss-reactive ketones (excluding diaryl/α,β-unsaturated/α-hetero) is 1. The Morgan fingerprint density at radius 2 is 1.71 bits per heavy atom. The molecule has 0 bridgehead atoms. The lowest BCUT2D eigenvalue weighted by Crippen LogP contribution is -2.33. The highest BCUT2D eigenvalue weighted by Gasteiger charge is 2.46. The Labute approximate surface area is 206 Å². The number of phenols is 1. The molecule has 188 valence electrons. The highest BCUT2D eigenvalue weighted by atomic mass is 16.5. The van der Waals surface area contributed by atoms with Crippen LogP contribution < -0.4 is 9.47 Å². The summed E-state index contributed by atoms with van der Waals surface area (Å²) in [5.41, 5.74) is 1.43. The van der Waals surface area contributed by atoms with Crippen LogP contribution in [0.5, 0.6) is 17.2 Å². The molecule has 0 aliphatic carbocycles. The largest absolute Gasteiger partial charge is 0.507 e. The summed E-state index contributed by atoms with van der Waals surface area (Å²) >= 11 is 0. The van der Waals surface area contributed by atoms with Gasteiger partial charge in [0.2, 0.25) is 0 Å². The number of ether oxygens (including phenoxy) is 2. The molecule has 2 N–H and O–H groups in total. The fourth-order valence-corrected chi connectivity index (χ4v) is 4.47. The average molecular weight is 483 g/mol. The number of rotatable bonds is 10. The molecule has 0 aromatic heterocycles. The summed E-state index contributed by atoms with van der Waals surface area (Å²) in [4.78, 5) is 30.2. The topological polar surface area (TPSA) is 99.5 Å². The summed E-state index contributed by atoms with van der Waals surface area (Å²) < 4.78 is 10.8. The molecule has 0 unspecified atom stereocenters. The predicted octanol–water partition coefficient (Wildman–Crippen LogP) is 3.87. The summed E-state index contributed by atoms with van der Waals surface area (Å²) in [5.74, 6) is -1.10. The van der Waals surface area contributed by atoms with Crippen molar-refractivity contribution in [3.63, 3.8) is 0 Å². The second kappa shape index (κ2) is 11.3. The summed E-state index contributed by atoms with van der Waals surface area (Å²) in [6.07, 6.45) is 0.661. The molecule has 1 heterocycles. The van der Waals surface area contributed by atoms with Crippen molar-refractivity contribution in [2.24, 2.45) is 0 Å². The zero-order valence-corrected chi connectivity index (χ0v) is 21.0. The number of likely N-dealkylation sites (tertiary alicyclic amines) is 1. The highest BCUT2D eigenvalue weighted by Crippen LogP contribution is 2.43. The van der Waals surface area contributed by atoms with Gasteiger partial charge in [0.05, 0.1) is 31.4 Å². The number of phenolic OH excluding ortho intramolecular Hbond substituents is 1. The van der Waals surface area contributed by atoms with E-state index in [-0.39, 0.29) is 16.9 Å². The van der Waals surface area contributed by atoms with E-state index in [2.05, 4.69) is 18.7 Å². The van der Waals surface area contributed by atoms with E-state index in [9.17, 15) is 19.8 Å². The Bertz CT molecular complexity index is 1120. The molecule has 2 aromatic carbocycles. The maximum absolute atomic E-state index is 13.2. The second-order valence-electron chi connectivity index (χ2n) is 8.51. The molecular weight excluding hydrogens is 448 g/mol. The van der Waals surface area contributed by atoms with Gasteiger partial charge in [-0.15, -0.1) is 0 Å². The molecule has 0 spiro atoms. The third-order valence-electron chi connectivity index (χ3n) is 6.44. The minimum atomic E-state index is -0.841. The van der Waals surface area contributed by atoms with Crippen LogP contribution in [0.4, 0.5) is 0 Å². The average Bonchev–Trinajstić information content (AvgIpc) is 3.12. The number of hydrogen-bond donors (Lipinski definition) is 2. The number of ketones is 1. The van der Waals surface area contributed by atoms with Crippen molar-refractivity contribution in [3.05, 3.63) is 58.7 Å². The first-order valence-corrected chi connectivity index (χ1v) is 11.8. The van der Waals surface area contributed by atoms with E-state index < -0.39 is 23.5 Å². The second-order valence-corrected chi connectivity index (χ2v) is 8.51. The molecule has 1 aliphatic rings. The van der Waals surface area contributed by atoms with Gasteiger partial charge in [-0.25, -0.2) is 0 Å². The van der Waals surface area contributed by atoms with E-state index in [0.29, 0.717) is 30.0 Å². The predicted molar refractivity (Wildman–Crippen MR) is 134 cm³/mol. The quantitative estimate of drug-likeness (QED) is 0.301. The van der Waals surface area contributed by atoms with Gasteiger partial charge in [0.25, 0.3) is 11.7 Å². The van der Waals surface area contributed by atoms with Gasteiger partial charge in [0, 0.05) is 6.54 Å². The van der Waals surface area contributed by atoms with Crippen LogP contribution in [0.1, 0.15) is 43.0 Å². The van der Waals surface area contributed by atoms with Crippen LogP contribution in [0.25, 0.3) is 5.76 Å². The molecule has 0 saturated carbocycles. The standard InChI is InChI=1S/C27H34N2O6/c1-6-28(7-2)13-8-14-29-24(18-10-12-21(34-4)22(16-18)35-5)23(26(32)27(29)33)25(31)19-15-17(3)9-11-20(19)30/h9-12,15-16,24,30-31H,6-8,13-14H2,1-5H3/t24-/m0/s1. The smallest absolute Gasteiger partial charge is 0.295 e. The Morgan fingerprint density at radius 3 is 2.34 bits per heavy atom. The number of aliphatic hydroxyl groups is 1. The van der Waals surface area contributed by atoms with Crippen molar-refractivity contribution in [2.45, 2.75) is 33.2 Å². The Hall–Kier alpha value is -3.52. The molecule has 35 heavy (non-hydrogen) atoms. The van der Waals surface area contributed by atoms with Crippen molar-refractivity contribution < 1.29 is 29.3 Å².